The van der Waals surface area contributed by atoms with E-state index < -0.39 is 0 Å². The summed E-state index contributed by atoms with van der Waals surface area (Å²) in [6.45, 7) is 4.93. The number of nitrogens with two attached hydrogens (primary N) is 1. The lowest BCUT2D eigenvalue weighted by Gasteiger charge is -2.24. The Bertz CT molecular complexity index is 130. The number of hydrogen-bond acceptors (Lipinski definition) is 2. The Labute approximate surface area is 68.4 Å². The van der Waals surface area contributed by atoms with E-state index in [4.69, 9.17) is 10.5 Å². The average molecular weight is 155 g/mol. The lowest BCUT2D eigenvalue weighted by Crippen LogP contribution is -2.14. The van der Waals surface area contributed by atoms with Gasteiger partial charge in [0.1, 0.15) is 0 Å². The van der Waals surface area contributed by atoms with Crippen molar-refractivity contribution in [2.75, 3.05) is 13.2 Å². The molecular formula is C9H17NO. The Morgan fingerprint density at radius 3 is 2.73 bits per heavy atom. The van der Waals surface area contributed by atoms with Crippen molar-refractivity contribution in [3.05, 3.63) is 12.3 Å². The third-order valence-corrected chi connectivity index (χ3v) is 2.18. The highest BCUT2D eigenvalue weighted by atomic mass is 16.5. The van der Waals surface area contributed by atoms with Gasteiger partial charge >= 0.3 is 0 Å². The molecule has 0 aromatic rings. The molecule has 1 fully saturated rings. The molecule has 0 spiro atoms. The van der Waals surface area contributed by atoms with E-state index in [1.807, 2.05) is 0 Å². The van der Waals surface area contributed by atoms with Crippen LogP contribution in [-0.2, 0) is 4.74 Å². The highest BCUT2D eigenvalue weighted by Gasteiger charge is 2.16. The minimum Gasteiger partial charge on any atom is -0.401 e. The molecule has 0 radical (unpaired) electrons. The normalized spacial score (nSPS) is 17.8. The van der Waals surface area contributed by atoms with E-state index in [2.05, 4.69) is 6.58 Å². The van der Waals surface area contributed by atoms with Gasteiger partial charge in [-0.05, 0) is 12.3 Å². The third kappa shape index (κ3) is 3.42. The van der Waals surface area contributed by atoms with Crippen LogP contribution in [0.25, 0.3) is 0 Å². The maximum Gasteiger partial charge on any atom is 0.0854 e. The van der Waals surface area contributed by atoms with E-state index in [1.54, 1.807) is 0 Å². The van der Waals surface area contributed by atoms with Gasteiger partial charge in [0.05, 0.1) is 6.61 Å². The summed E-state index contributed by atoms with van der Waals surface area (Å²) in [6.07, 6.45) is 5.40. The number of hydrogen-bond donors (Lipinski definition) is 1. The first-order valence-corrected chi connectivity index (χ1v) is 4.30. The minimum atomic E-state index is 0.521. The molecule has 0 amide bonds. The van der Waals surface area contributed by atoms with Crippen LogP contribution in [0.4, 0.5) is 0 Å². The Hall–Kier alpha value is -0.500. The van der Waals surface area contributed by atoms with Gasteiger partial charge in [0.25, 0.3) is 0 Å². The van der Waals surface area contributed by atoms with Crippen molar-refractivity contribution in [2.45, 2.75) is 25.7 Å². The first kappa shape index (κ1) is 8.60. The molecule has 0 bridgehead atoms. The van der Waals surface area contributed by atoms with Crippen molar-refractivity contribution < 1.29 is 4.74 Å². The van der Waals surface area contributed by atoms with Gasteiger partial charge in [0, 0.05) is 12.3 Å². The van der Waals surface area contributed by atoms with Gasteiger partial charge in [0.2, 0.25) is 0 Å². The van der Waals surface area contributed by atoms with Gasteiger partial charge in [-0.15, -0.1) is 0 Å². The molecule has 2 N–H and O–H groups in total. The monoisotopic (exact) mass is 155 g/mol. The van der Waals surface area contributed by atoms with Crippen LogP contribution in [0.2, 0.25) is 0 Å². The second kappa shape index (κ2) is 4.39. The molecule has 0 atom stereocenters. The van der Waals surface area contributed by atoms with Crippen molar-refractivity contribution in [1.82, 2.24) is 0 Å². The smallest absolute Gasteiger partial charge is 0.0854 e. The molecular weight excluding hydrogens is 138 g/mol. The van der Waals surface area contributed by atoms with E-state index in [-0.39, 0.29) is 0 Å². The Balaban J connectivity index is 1.83. The molecule has 0 aromatic heterocycles. The fourth-order valence-electron chi connectivity index (χ4n) is 1.23. The molecule has 1 aliphatic rings. The van der Waals surface area contributed by atoms with E-state index in [9.17, 15) is 0 Å². The molecule has 0 unspecified atom stereocenters. The van der Waals surface area contributed by atoms with E-state index >= 15 is 0 Å². The van der Waals surface area contributed by atoms with E-state index in [1.165, 1.54) is 25.7 Å². The average Bonchev–Trinajstić information content (AvgIpc) is 1.82. The van der Waals surface area contributed by atoms with Crippen LogP contribution in [0.1, 0.15) is 25.7 Å². The first-order valence-electron chi connectivity index (χ1n) is 4.30. The quantitative estimate of drug-likeness (QED) is 0.613. The number of rotatable bonds is 5. The standard InChI is InChI=1S/C9H17NO/c1-8(10)7-11-6-5-9-3-2-4-9/h9H,1-7,10H2. The highest BCUT2D eigenvalue weighted by molar-refractivity contribution is 4.85. The highest BCUT2D eigenvalue weighted by Crippen LogP contribution is 2.28. The van der Waals surface area contributed by atoms with Gasteiger partial charge in [-0.3, -0.25) is 0 Å². The summed E-state index contributed by atoms with van der Waals surface area (Å²) in [5, 5.41) is 0. The lowest BCUT2D eigenvalue weighted by molar-refractivity contribution is 0.123. The summed E-state index contributed by atoms with van der Waals surface area (Å²) in [4.78, 5) is 0. The molecule has 0 aromatic carbocycles. The largest absolute Gasteiger partial charge is 0.401 e. The van der Waals surface area contributed by atoms with Gasteiger partial charge in [-0.1, -0.05) is 25.8 Å². The first-order chi connectivity index (χ1) is 5.29. The zero-order valence-electron chi connectivity index (χ0n) is 7.01. The van der Waals surface area contributed by atoms with Crippen LogP contribution in [0.5, 0.6) is 0 Å². The van der Waals surface area contributed by atoms with E-state index in [0.717, 1.165) is 12.5 Å². The molecule has 2 heteroatoms. The Morgan fingerprint density at radius 1 is 1.55 bits per heavy atom. The Morgan fingerprint density at radius 2 is 2.27 bits per heavy atom. The van der Waals surface area contributed by atoms with Crippen LogP contribution in [0, 0.1) is 5.92 Å². The molecule has 1 saturated carbocycles. The summed E-state index contributed by atoms with van der Waals surface area (Å²) < 4.78 is 5.28. The molecule has 0 saturated heterocycles. The van der Waals surface area contributed by atoms with Crippen molar-refractivity contribution in [3.8, 4) is 0 Å². The third-order valence-electron chi connectivity index (χ3n) is 2.18. The predicted octanol–water partition coefficient (Wildman–Crippen LogP) is 1.67. The summed E-state index contributed by atoms with van der Waals surface area (Å²) in [5.74, 6) is 0.932. The molecule has 1 aliphatic carbocycles. The molecule has 0 heterocycles. The van der Waals surface area contributed by atoms with Gasteiger partial charge in [0.15, 0.2) is 0 Å². The number of ether oxygens (including phenoxy) is 1. The van der Waals surface area contributed by atoms with Crippen LogP contribution in [-0.4, -0.2) is 13.2 Å². The van der Waals surface area contributed by atoms with Crippen LogP contribution in [0.15, 0.2) is 12.3 Å². The second-order valence-electron chi connectivity index (χ2n) is 3.30. The fraction of sp³-hybridized carbons (Fsp3) is 0.778. The van der Waals surface area contributed by atoms with Crippen LogP contribution >= 0.6 is 0 Å². The minimum absolute atomic E-state index is 0.521. The van der Waals surface area contributed by atoms with Gasteiger partial charge in [-0.25, -0.2) is 0 Å². The summed E-state index contributed by atoms with van der Waals surface area (Å²) in [5.41, 5.74) is 5.96. The maximum absolute atomic E-state index is 5.34. The van der Waals surface area contributed by atoms with Crippen LogP contribution in [0.3, 0.4) is 0 Å². The summed E-state index contributed by atoms with van der Waals surface area (Å²) >= 11 is 0. The van der Waals surface area contributed by atoms with Crippen molar-refractivity contribution in [1.29, 1.82) is 0 Å². The topological polar surface area (TPSA) is 35.2 Å². The molecule has 2 nitrogen and oxygen atoms in total. The Kier molecular flexibility index (Phi) is 3.43. The zero-order chi connectivity index (χ0) is 8.10. The lowest BCUT2D eigenvalue weighted by atomic mass is 9.83. The molecule has 64 valence electrons. The van der Waals surface area contributed by atoms with Crippen molar-refractivity contribution >= 4 is 0 Å². The maximum atomic E-state index is 5.34. The van der Waals surface area contributed by atoms with Crippen LogP contribution < -0.4 is 5.73 Å². The molecule has 11 heavy (non-hydrogen) atoms. The summed E-state index contributed by atoms with van der Waals surface area (Å²) in [7, 11) is 0. The molecule has 0 aliphatic heterocycles. The fourth-order valence-corrected chi connectivity index (χ4v) is 1.23. The van der Waals surface area contributed by atoms with Gasteiger partial charge in [-0.2, -0.15) is 0 Å². The predicted molar refractivity (Wildman–Crippen MR) is 46.1 cm³/mol. The second-order valence-corrected chi connectivity index (χ2v) is 3.30. The molecule has 1 rings (SSSR count). The van der Waals surface area contributed by atoms with Crippen molar-refractivity contribution in [3.63, 3.8) is 0 Å². The van der Waals surface area contributed by atoms with E-state index in [0.29, 0.717) is 12.3 Å². The zero-order valence-corrected chi connectivity index (χ0v) is 7.01. The summed E-state index contributed by atoms with van der Waals surface area (Å²) in [6, 6.07) is 0. The van der Waals surface area contributed by atoms with Crippen molar-refractivity contribution in [2.24, 2.45) is 11.7 Å². The SMILES string of the molecule is C=C(N)COCCC1CCC1. The van der Waals surface area contributed by atoms with Gasteiger partial charge < -0.3 is 10.5 Å².